The van der Waals surface area contributed by atoms with Crippen LogP contribution in [0, 0.1) is 0 Å². The normalized spacial score (nSPS) is 20.6. The smallest absolute Gasteiger partial charge is 0.0701 e. The van der Waals surface area contributed by atoms with Gasteiger partial charge in [-0.2, -0.15) is 0 Å². The summed E-state index contributed by atoms with van der Waals surface area (Å²) in [7, 11) is 0. The topological polar surface area (TPSA) is 30.9 Å². The van der Waals surface area contributed by atoms with Crippen LogP contribution in [0.3, 0.4) is 0 Å². The Hall–Kier alpha value is -0.160. The van der Waals surface area contributed by atoms with Crippen molar-refractivity contribution in [3.8, 4) is 0 Å². The van der Waals surface area contributed by atoms with Crippen molar-refractivity contribution < 1.29 is 14.2 Å². The van der Waals surface area contributed by atoms with E-state index < -0.39 is 0 Å². The van der Waals surface area contributed by atoms with E-state index in [0.29, 0.717) is 26.4 Å². The molecule has 132 valence electrons. The molecule has 1 rings (SSSR count). The largest absolute Gasteiger partial charge is 0.379 e. The molecule has 4 nitrogen and oxygen atoms in total. The first-order chi connectivity index (χ1) is 10.9. The molecule has 0 saturated carbocycles. The quantitative estimate of drug-likeness (QED) is 0.673. The first kappa shape index (κ1) is 19.9. The van der Waals surface area contributed by atoms with Gasteiger partial charge in [-0.15, -0.1) is 0 Å². The third-order valence-electron chi connectivity index (χ3n) is 4.10. The van der Waals surface area contributed by atoms with Gasteiger partial charge in [-0.25, -0.2) is 0 Å². The van der Waals surface area contributed by atoms with Gasteiger partial charge in [0.2, 0.25) is 0 Å². The molecule has 0 spiro atoms. The number of hydrogen-bond acceptors (Lipinski definition) is 4. The van der Waals surface area contributed by atoms with Crippen molar-refractivity contribution in [2.45, 2.75) is 58.3 Å². The second-order valence-corrected chi connectivity index (χ2v) is 6.15. The number of unbranched alkanes of at least 4 members (excludes halogenated alkanes) is 5. The van der Waals surface area contributed by atoms with Crippen molar-refractivity contribution in [3.63, 3.8) is 0 Å². The van der Waals surface area contributed by atoms with Gasteiger partial charge < -0.3 is 19.1 Å². The predicted molar refractivity (Wildman–Crippen MR) is 91.5 cm³/mol. The molecule has 0 aromatic carbocycles. The Balaban J connectivity index is 2.13. The van der Waals surface area contributed by atoms with Gasteiger partial charge in [0.05, 0.1) is 26.4 Å². The lowest BCUT2D eigenvalue weighted by Gasteiger charge is -2.22. The first-order valence-corrected chi connectivity index (χ1v) is 9.39. The summed E-state index contributed by atoms with van der Waals surface area (Å²) in [4.78, 5) is 2.59. The van der Waals surface area contributed by atoms with Gasteiger partial charge in [0.25, 0.3) is 0 Å². The van der Waals surface area contributed by atoms with Crippen molar-refractivity contribution in [2.24, 2.45) is 0 Å². The second-order valence-electron chi connectivity index (χ2n) is 6.15. The van der Waals surface area contributed by atoms with Gasteiger partial charge in [-0.05, 0) is 25.8 Å². The number of ether oxygens (including phenoxy) is 3. The molecule has 0 atom stereocenters. The maximum absolute atomic E-state index is 5.60. The van der Waals surface area contributed by atoms with Crippen LogP contribution < -0.4 is 0 Å². The molecular weight excluding hydrogens is 278 g/mol. The van der Waals surface area contributed by atoms with Crippen molar-refractivity contribution in [2.75, 3.05) is 59.3 Å². The highest BCUT2D eigenvalue weighted by atomic mass is 16.5. The van der Waals surface area contributed by atoms with E-state index in [4.69, 9.17) is 14.2 Å². The summed E-state index contributed by atoms with van der Waals surface area (Å²) in [5.74, 6) is 0. The molecule has 0 aromatic heterocycles. The summed E-state index contributed by atoms with van der Waals surface area (Å²) < 4.78 is 16.6. The molecule has 0 unspecified atom stereocenters. The molecule has 0 amide bonds. The van der Waals surface area contributed by atoms with Crippen LogP contribution in [-0.2, 0) is 14.2 Å². The fourth-order valence-corrected chi connectivity index (χ4v) is 2.77. The van der Waals surface area contributed by atoms with Gasteiger partial charge in [0.1, 0.15) is 0 Å². The zero-order valence-corrected chi connectivity index (χ0v) is 14.7. The van der Waals surface area contributed by atoms with Crippen LogP contribution in [0.2, 0.25) is 0 Å². The van der Waals surface area contributed by atoms with Crippen LogP contribution in [0.5, 0.6) is 0 Å². The monoisotopic (exact) mass is 315 g/mol. The zero-order chi connectivity index (χ0) is 15.7. The fourth-order valence-electron chi connectivity index (χ4n) is 2.77. The van der Waals surface area contributed by atoms with Crippen LogP contribution in [0.15, 0.2) is 0 Å². The summed E-state index contributed by atoms with van der Waals surface area (Å²) in [6, 6.07) is 0. The fraction of sp³-hybridized carbons (Fsp3) is 1.00. The summed E-state index contributed by atoms with van der Waals surface area (Å²) in [6.07, 6.45) is 10.5. The minimum atomic E-state index is 0.685. The van der Waals surface area contributed by atoms with E-state index in [1.807, 2.05) is 0 Å². The molecule has 0 aliphatic carbocycles. The van der Waals surface area contributed by atoms with Crippen LogP contribution in [0.25, 0.3) is 0 Å². The summed E-state index contributed by atoms with van der Waals surface area (Å²) >= 11 is 0. The maximum atomic E-state index is 5.60. The van der Waals surface area contributed by atoms with E-state index in [9.17, 15) is 0 Å². The Morgan fingerprint density at radius 2 is 1.14 bits per heavy atom. The van der Waals surface area contributed by atoms with E-state index >= 15 is 0 Å². The lowest BCUT2D eigenvalue weighted by Crippen LogP contribution is -2.29. The Morgan fingerprint density at radius 3 is 1.73 bits per heavy atom. The molecule has 0 N–H and O–H groups in total. The average molecular weight is 315 g/mol. The first-order valence-electron chi connectivity index (χ1n) is 9.39. The highest BCUT2D eigenvalue weighted by molar-refractivity contribution is 4.59. The molecular formula is C18H37NO3. The van der Waals surface area contributed by atoms with Crippen molar-refractivity contribution in [1.29, 1.82) is 0 Å². The highest BCUT2D eigenvalue weighted by Crippen LogP contribution is 2.07. The van der Waals surface area contributed by atoms with Gasteiger partial charge in [0, 0.05) is 26.3 Å². The highest BCUT2D eigenvalue weighted by Gasteiger charge is 2.05. The van der Waals surface area contributed by atoms with Crippen molar-refractivity contribution >= 4 is 0 Å². The molecule has 1 aliphatic rings. The molecule has 1 saturated heterocycles. The summed E-state index contributed by atoms with van der Waals surface area (Å²) in [6.45, 7) is 10.3. The van der Waals surface area contributed by atoms with Crippen molar-refractivity contribution in [1.82, 2.24) is 4.90 Å². The average Bonchev–Trinajstić information content (AvgIpc) is 2.54. The third kappa shape index (κ3) is 12.4. The van der Waals surface area contributed by atoms with Crippen LogP contribution in [-0.4, -0.2) is 64.2 Å². The lowest BCUT2D eigenvalue weighted by atomic mass is 10.1. The minimum absolute atomic E-state index is 0.685. The Morgan fingerprint density at radius 1 is 0.636 bits per heavy atom. The SMILES string of the molecule is CCCCCCCCN1CCCOCCOCCOCCC1. The Bertz CT molecular complexity index is 212. The van der Waals surface area contributed by atoms with E-state index in [-0.39, 0.29) is 0 Å². The lowest BCUT2D eigenvalue weighted by molar-refractivity contribution is 0.00795. The van der Waals surface area contributed by atoms with E-state index in [1.165, 1.54) is 45.1 Å². The molecule has 1 aliphatic heterocycles. The Kier molecular flexibility index (Phi) is 14.2. The van der Waals surface area contributed by atoms with E-state index in [2.05, 4.69) is 11.8 Å². The van der Waals surface area contributed by atoms with E-state index in [1.54, 1.807) is 0 Å². The molecule has 22 heavy (non-hydrogen) atoms. The molecule has 0 aromatic rings. The van der Waals surface area contributed by atoms with Crippen molar-refractivity contribution in [3.05, 3.63) is 0 Å². The van der Waals surface area contributed by atoms with Crippen LogP contribution >= 0.6 is 0 Å². The van der Waals surface area contributed by atoms with Gasteiger partial charge in [-0.1, -0.05) is 39.0 Å². The minimum Gasteiger partial charge on any atom is -0.379 e. The van der Waals surface area contributed by atoms with Crippen LogP contribution in [0.4, 0.5) is 0 Å². The maximum Gasteiger partial charge on any atom is 0.0701 e. The summed E-state index contributed by atoms with van der Waals surface area (Å²) in [5, 5.41) is 0. The van der Waals surface area contributed by atoms with Gasteiger partial charge in [0.15, 0.2) is 0 Å². The third-order valence-corrected chi connectivity index (χ3v) is 4.10. The predicted octanol–water partition coefficient (Wildman–Crippen LogP) is 3.49. The van der Waals surface area contributed by atoms with Gasteiger partial charge >= 0.3 is 0 Å². The molecule has 0 bridgehead atoms. The Labute approximate surface area is 137 Å². The number of hydrogen-bond donors (Lipinski definition) is 0. The standard InChI is InChI=1S/C18H37NO3/c1-2-3-4-5-6-7-10-19-11-8-13-20-15-17-22-18-16-21-14-9-12-19/h2-18H2,1H3. The number of rotatable bonds is 7. The molecule has 4 heteroatoms. The van der Waals surface area contributed by atoms with Gasteiger partial charge in [-0.3, -0.25) is 0 Å². The second kappa shape index (κ2) is 15.7. The van der Waals surface area contributed by atoms with Crippen LogP contribution in [0.1, 0.15) is 58.3 Å². The van der Waals surface area contributed by atoms with E-state index in [0.717, 1.165) is 39.1 Å². The summed E-state index contributed by atoms with van der Waals surface area (Å²) in [5.41, 5.74) is 0. The molecule has 1 fully saturated rings. The molecule has 1 heterocycles. The zero-order valence-electron chi connectivity index (χ0n) is 14.7. The number of nitrogens with zero attached hydrogens (tertiary/aromatic N) is 1. The molecule has 0 radical (unpaired) electrons.